The molecule has 1 rings (SSSR count). The second-order valence-corrected chi connectivity index (χ2v) is 3.95. The minimum Gasteiger partial charge on any atom is -0.496 e. The number of benzene rings is 1. The Morgan fingerprint density at radius 1 is 1.18 bits per heavy atom. The predicted octanol–water partition coefficient (Wildman–Crippen LogP) is 2.36. The standard InChI is InChI=1S/C13H16O4/c1-8-7-12(17-3)9(2)6-10(8)11(14)4-5-13(15)16/h6-7H,4-5H2,1-3H3,(H,15,16). The van der Waals surface area contributed by atoms with Crippen LogP contribution in [0, 0.1) is 13.8 Å². The molecule has 0 aliphatic heterocycles. The Bertz CT molecular complexity index is 449. The molecule has 0 saturated heterocycles. The van der Waals surface area contributed by atoms with E-state index >= 15 is 0 Å². The van der Waals surface area contributed by atoms with Crippen molar-refractivity contribution in [1.82, 2.24) is 0 Å². The summed E-state index contributed by atoms with van der Waals surface area (Å²) < 4.78 is 5.15. The molecule has 1 aromatic carbocycles. The van der Waals surface area contributed by atoms with E-state index in [-0.39, 0.29) is 18.6 Å². The first-order valence-electron chi connectivity index (χ1n) is 5.36. The van der Waals surface area contributed by atoms with Crippen LogP contribution in [0.1, 0.15) is 34.3 Å². The Hall–Kier alpha value is -1.84. The minimum atomic E-state index is -0.957. The van der Waals surface area contributed by atoms with Crippen molar-refractivity contribution in [3.05, 3.63) is 28.8 Å². The highest BCUT2D eigenvalue weighted by molar-refractivity contribution is 5.99. The Labute approximate surface area is 100 Å². The highest BCUT2D eigenvalue weighted by atomic mass is 16.5. The summed E-state index contributed by atoms with van der Waals surface area (Å²) in [7, 11) is 1.58. The lowest BCUT2D eigenvalue weighted by Crippen LogP contribution is -2.06. The monoisotopic (exact) mass is 236 g/mol. The Morgan fingerprint density at radius 2 is 1.82 bits per heavy atom. The Kier molecular flexibility index (Phi) is 4.26. The molecule has 0 saturated carbocycles. The normalized spacial score (nSPS) is 10.1. The van der Waals surface area contributed by atoms with E-state index in [9.17, 15) is 9.59 Å². The van der Waals surface area contributed by atoms with Crippen LogP contribution in [-0.4, -0.2) is 24.0 Å². The van der Waals surface area contributed by atoms with Gasteiger partial charge in [0.1, 0.15) is 5.75 Å². The van der Waals surface area contributed by atoms with E-state index in [1.54, 1.807) is 19.2 Å². The van der Waals surface area contributed by atoms with Crippen molar-refractivity contribution >= 4 is 11.8 Å². The van der Waals surface area contributed by atoms with Gasteiger partial charge in [-0.15, -0.1) is 0 Å². The number of aliphatic carboxylic acids is 1. The van der Waals surface area contributed by atoms with Gasteiger partial charge in [-0.3, -0.25) is 9.59 Å². The fraction of sp³-hybridized carbons (Fsp3) is 0.385. The van der Waals surface area contributed by atoms with Gasteiger partial charge in [-0.2, -0.15) is 0 Å². The number of hydrogen-bond donors (Lipinski definition) is 1. The molecule has 4 heteroatoms. The zero-order valence-electron chi connectivity index (χ0n) is 10.2. The van der Waals surface area contributed by atoms with Crippen LogP contribution in [0.2, 0.25) is 0 Å². The lowest BCUT2D eigenvalue weighted by Gasteiger charge is -2.10. The number of rotatable bonds is 5. The van der Waals surface area contributed by atoms with Crippen LogP contribution >= 0.6 is 0 Å². The Morgan fingerprint density at radius 3 is 2.35 bits per heavy atom. The molecular formula is C13H16O4. The maximum Gasteiger partial charge on any atom is 0.303 e. The van der Waals surface area contributed by atoms with E-state index in [0.29, 0.717) is 5.56 Å². The molecule has 0 atom stereocenters. The van der Waals surface area contributed by atoms with Crippen LogP contribution < -0.4 is 4.74 Å². The topological polar surface area (TPSA) is 63.6 Å². The molecule has 92 valence electrons. The molecule has 0 radical (unpaired) electrons. The number of ketones is 1. The number of carboxylic acid groups (broad SMARTS) is 1. The van der Waals surface area contributed by atoms with Crippen molar-refractivity contribution in [3.63, 3.8) is 0 Å². The van der Waals surface area contributed by atoms with E-state index in [1.165, 1.54) is 0 Å². The summed E-state index contributed by atoms with van der Waals surface area (Å²) >= 11 is 0. The summed E-state index contributed by atoms with van der Waals surface area (Å²) in [5.74, 6) is -0.367. The maximum absolute atomic E-state index is 11.8. The SMILES string of the molecule is COc1cc(C)c(C(=O)CCC(=O)O)cc1C. The average molecular weight is 236 g/mol. The van der Waals surface area contributed by atoms with Crippen molar-refractivity contribution in [2.45, 2.75) is 26.7 Å². The number of carboxylic acids is 1. The second kappa shape index (κ2) is 5.48. The maximum atomic E-state index is 11.8. The summed E-state index contributed by atoms with van der Waals surface area (Å²) in [6.07, 6.45) is -0.106. The molecule has 17 heavy (non-hydrogen) atoms. The van der Waals surface area contributed by atoms with E-state index in [2.05, 4.69) is 0 Å². The van der Waals surface area contributed by atoms with E-state index < -0.39 is 5.97 Å². The molecule has 0 aliphatic rings. The van der Waals surface area contributed by atoms with Gasteiger partial charge >= 0.3 is 5.97 Å². The highest BCUT2D eigenvalue weighted by Gasteiger charge is 2.13. The number of methoxy groups -OCH3 is 1. The molecule has 1 N–H and O–H groups in total. The van der Waals surface area contributed by atoms with Crippen LogP contribution in [0.5, 0.6) is 5.75 Å². The van der Waals surface area contributed by atoms with E-state index in [0.717, 1.165) is 16.9 Å². The molecule has 0 unspecified atom stereocenters. The van der Waals surface area contributed by atoms with Gasteiger partial charge in [0, 0.05) is 12.0 Å². The van der Waals surface area contributed by atoms with Crippen LogP contribution in [-0.2, 0) is 4.79 Å². The molecule has 0 aromatic heterocycles. The van der Waals surface area contributed by atoms with Crippen molar-refractivity contribution in [1.29, 1.82) is 0 Å². The minimum absolute atomic E-state index is 0.0297. The molecule has 0 amide bonds. The van der Waals surface area contributed by atoms with Crippen molar-refractivity contribution in [3.8, 4) is 5.75 Å². The third kappa shape index (κ3) is 3.31. The van der Waals surface area contributed by atoms with Gasteiger partial charge in [-0.1, -0.05) is 0 Å². The van der Waals surface area contributed by atoms with Gasteiger partial charge < -0.3 is 9.84 Å². The second-order valence-electron chi connectivity index (χ2n) is 3.95. The van der Waals surface area contributed by atoms with Gasteiger partial charge in [-0.05, 0) is 37.1 Å². The number of ether oxygens (including phenoxy) is 1. The summed E-state index contributed by atoms with van der Waals surface area (Å²) in [6.45, 7) is 3.67. The number of hydrogen-bond acceptors (Lipinski definition) is 3. The van der Waals surface area contributed by atoms with Gasteiger partial charge in [-0.25, -0.2) is 0 Å². The summed E-state index contributed by atoms with van der Waals surface area (Å²) in [5.41, 5.74) is 2.25. The highest BCUT2D eigenvalue weighted by Crippen LogP contribution is 2.23. The quantitative estimate of drug-likeness (QED) is 0.797. The number of carbonyl (C=O) groups excluding carboxylic acids is 1. The first-order valence-corrected chi connectivity index (χ1v) is 5.36. The molecule has 0 fully saturated rings. The molecule has 4 nitrogen and oxygen atoms in total. The molecular weight excluding hydrogens is 220 g/mol. The molecule has 0 spiro atoms. The van der Waals surface area contributed by atoms with Crippen LogP contribution in [0.3, 0.4) is 0 Å². The van der Waals surface area contributed by atoms with Crippen LogP contribution in [0.15, 0.2) is 12.1 Å². The smallest absolute Gasteiger partial charge is 0.303 e. The third-order valence-electron chi connectivity index (χ3n) is 2.61. The van der Waals surface area contributed by atoms with E-state index in [4.69, 9.17) is 9.84 Å². The van der Waals surface area contributed by atoms with Crippen molar-refractivity contribution < 1.29 is 19.4 Å². The lowest BCUT2D eigenvalue weighted by molar-refractivity contribution is -0.136. The molecule has 0 aliphatic carbocycles. The van der Waals surface area contributed by atoms with Gasteiger partial charge in [0.05, 0.1) is 13.5 Å². The molecule has 0 bridgehead atoms. The van der Waals surface area contributed by atoms with Gasteiger partial charge in [0.2, 0.25) is 0 Å². The first-order chi connectivity index (χ1) is 7.95. The fourth-order valence-corrected chi connectivity index (χ4v) is 1.67. The number of aryl methyl sites for hydroxylation is 2. The van der Waals surface area contributed by atoms with Crippen LogP contribution in [0.25, 0.3) is 0 Å². The average Bonchev–Trinajstić information content (AvgIpc) is 2.28. The fourth-order valence-electron chi connectivity index (χ4n) is 1.67. The summed E-state index contributed by atoms with van der Waals surface area (Å²) in [5, 5.41) is 8.54. The molecule has 1 aromatic rings. The number of Topliss-reactive ketones (excluding diaryl/α,β-unsaturated/α-hetero) is 1. The largest absolute Gasteiger partial charge is 0.496 e. The van der Waals surface area contributed by atoms with E-state index in [1.807, 2.05) is 13.8 Å². The first kappa shape index (κ1) is 13.2. The third-order valence-corrected chi connectivity index (χ3v) is 2.61. The van der Waals surface area contributed by atoms with Crippen molar-refractivity contribution in [2.24, 2.45) is 0 Å². The van der Waals surface area contributed by atoms with Crippen LogP contribution in [0.4, 0.5) is 0 Å². The van der Waals surface area contributed by atoms with Gasteiger partial charge in [0.15, 0.2) is 5.78 Å². The zero-order valence-corrected chi connectivity index (χ0v) is 10.2. The number of carbonyl (C=O) groups is 2. The summed E-state index contributed by atoms with van der Waals surface area (Å²) in [6, 6.07) is 3.54. The summed E-state index contributed by atoms with van der Waals surface area (Å²) in [4.78, 5) is 22.2. The lowest BCUT2D eigenvalue weighted by atomic mass is 9.98. The van der Waals surface area contributed by atoms with Crippen molar-refractivity contribution in [2.75, 3.05) is 7.11 Å². The predicted molar refractivity (Wildman–Crippen MR) is 63.7 cm³/mol. The molecule has 0 heterocycles. The van der Waals surface area contributed by atoms with Gasteiger partial charge in [0.25, 0.3) is 0 Å². The zero-order chi connectivity index (χ0) is 13.0. The Balaban J connectivity index is 2.94.